The predicted octanol–water partition coefficient (Wildman–Crippen LogP) is 1.98. The highest BCUT2D eigenvalue weighted by Gasteiger charge is 2.42. The monoisotopic (exact) mass is 239 g/mol. The van der Waals surface area contributed by atoms with Gasteiger partial charge in [0.15, 0.2) is 0 Å². The van der Waals surface area contributed by atoms with Crippen molar-refractivity contribution < 1.29 is 9.90 Å². The lowest BCUT2D eigenvalue weighted by Crippen LogP contribution is -2.49. The molecule has 2 heterocycles. The first-order valence-corrected chi connectivity index (χ1v) is 6.98. The molecule has 2 aliphatic heterocycles. The number of carbonyl (C=O) groups excluding carboxylic acids is 1. The molecule has 2 fully saturated rings. The minimum Gasteiger partial charge on any atom is -0.393 e. The molecule has 17 heavy (non-hydrogen) atoms. The van der Waals surface area contributed by atoms with Crippen molar-refractivity contribution in [1.82, 2.24) is 4.90 Å². The van der Waals surface area contributed by atoms with Crippen molar-refractivity contribution in [3.8, 4) is 0 Å². The Balaban J connectivity index is 2.01. The average Bonchev–Trinajstić information content (AvgIpc) is 2.52. The molecule has 3 heteroatoms. The molecular weight excluding hydrogens is 214 g/mol. The highest BCUT2D eigenvalue weighted by molar-refractivity contribution is 5.59. The third-order valence-corrected chi connectivity index (χ3v) is 4.51. The molecule has 0 spiro atoms. The summed E-state index contributed by atoms with van der Waals surface area (Å²) >= 11 is 0. The number of aliphatic hydroxyl groups excluding tert-OH is 1. The number of hydrogen-bond donors (Lipinski definition) is 1. The van der Waals surface area contributed by atoms with Gasteiger partial charge in [-0.05, 0) is 32.1 Å². The van der Waals surface area contributed by atoms with E-state index in [4.69, 9.17) is 0 Å². The van der Waals surface area contributed by atoms with Gasteiger partial charge in [0.1, 0.15) is 6.29 Å². The Kier molecular flexibility index (Phi) is 3.88. The predicted molar refractivity (Wildman–Crippen MR) is 67.8 cm³/mol. The van der Waals surface area contributed by atoms with Crippen molar-refractivity contribution in [3.05, 3.63) is 0 Å². The molecule has 2 aliphatic rings. The Morgan fingerprint density at radius 2 is 1.94 bits per heavy atom. The highest BCUT2D eigenvalue weighted by Crippen LogP contribution is 2.38. The van der Waals surface area contributed by atoms with E-state index in [1.807, 2.05) is 0 Å². The summed E-state index contributed by atoms with van der Waals surface area (Å²) in [5, 5.41) is 9.77. The Labute approximate surface area is 104 Å². The standard InChI is InChI=1S/C14H25NO2/c1-3-6-14(2,10-16)9-15-11-4-5-12(15)8-13(17)7-11/h10-13,17H,3-9H2,1-2H3. The molecule has 0 aromatic rings. The van der Waals surface area contributed by atoms with Gasteiger partial charge in [-0.1, -0.05) is 20.3 Å². The summed E-state index contributed by atoms with van der Waals surface area (Å²) in [7, 11) is 0. The Bertz CT molecular complexity index is 267. The molecule has 0 aromatic heterocycles. The van der Waals surface area contributed by atoms with E-state index in [9.17, 15) is 9.90 Å². The van der Waals surface area contributed by atoms with E-state index < -0.39 is 0 Å². The number of aliphatic hydroxyl groups is 1. The first kappa shape index (κ1) is 13.0. The lowest BCUT2D eigenvalue weighted by atomic mass is 9.85. The molecule has 0 saturated carbocycles. The van der Waals surface area contributed by atoms with Gasteiger partial charge in [-0.2, -0.15) is 0 Å². The van der Waals surface area contributed by atoms with Crippen molar-refractivity contribution in [2.75, 3.05) is 6.54 Å². The largest absolute Gasteiger partial charge is 0.393 e. The van der Waals surface area contributed by atoms with Gasteiger partial charge in [-0.25, -0.2) is 0 Å². The Morgan fingerprint density at radius 1 is 1.35 bits per heavy atom. The maximum atomic E-state index is 11.3. The first-order chi connectivity index (χ1) is 8.08. The third-order valence-electron chi connectivity index (χ3n) is 4.51. The van der Waals surface area contributed by atoms with Gasteiger partial charge in [-0.3, -0.25) is 4.90 Å². The second-order valence-electron chi connectivity index (χ2n) is 6.20. The van der Waals surface area contributed by atoms with Crippen molar-refractivity contribution in [2.45, 2.75) is 70.6 Å². The van der Waals surface area contributed by atoms with Crippen LogP contribution in [0.2, 0.25) is 0 Å². The van der Waals surface area contributed by atoms with Crippen LogP contribution >= 0.6 is 0 Å². The van der Waals surface area contributed by atoms with Crippen LogP contribution in [0.4, 0.5) is 0 Å². The molecule has 98 valence electrons. The molecule has 3 nitrogen and oxygen atoms in total. The van der Waals surface area contributed by atoms with Crippen LogP contribution in [-0.4, -0.2) is 41.0 Å². The minimum absolute atomic E-state index is 0.114. The molecule has 2 rings (SSSR count). The van der Waals surface area contributed by atoms with Gasteiger partial charge in [0, 0.05) is 24.0 Å². The average molecular weight is 239 g/mol. The van der Waals surface area contributed by atoms with Gasteiger partial charge in [0.05, 0.1) is 6.10 Å². The molecule has 0 radical (unpaired) electrons. The summed E-state index contributed by atoms with van der Waals surface area (Å²) in [4.78, 5) is 13.8. The van der Waals surface area contributed by atoms with Crippen LogP contribution < -0.4 is 0 Å². The van der Waals surface area contributed by atoms with E-state index in [1.165, 1.54) is 12.8 Å². The fourth-order valence-corrected chi connectivity index (χ4v) is 3.67. The number of rotatable bonds is 5. The molecule has 3 atom stereocenters. The Hall–Kier alpha value is -0.410. The molecule has 0 aliphatic carbocycles. The second kappa shape index (κ2) is 5.07. The van der Waals surface area contributed by atoms with E-state index in [0.717, 1.165) is 38.5 Å². The topological polar surface area (TPSA) is 40.5 Å². The van der Waals surface area contributed by atoms with Crippen LogP contribution in [0.5, 0.6) is 0 Å². The molecule has 1 N–H and O–H groups in total. The lowest BCUT2D eigenvalue weighted by Gasteiger charge is -2.41. The van der Waals surface area contributed by atoms with E-state index in [-0.39, 0.29) is 11.5 Å². The lowest BCUT2D eigenvalue weighted by molar-refractivity contribution is -0.117. The Morgan fingerprint density at radius 3 is 2.41 bits per heavy atom. The molecular formula is C14H25NO2. The molecule has 2 saturated heterocycles. The zero-order chi connectivity index (χ0) is 12.5. The van der Waals surface area contributed by atoms with Crippen LogP contribution in [0.15, 0.2) is 0 Å². The third kappa shape index (κ3) is 2.71. The highest BCUT2D eigenvalue weighted by atomic mass is 16.3. The van der Waals surface area contributed by atoms with Gasteiger partial charge < -0.3 is 9.90 Å². The smallest absolute Gasteiger partial charge is 0.127 e. The van der Waals surface area contributed by atoms with Gasteiger partial charge in [0.25, 0.3) is 0 Å². The van der Waals surface area contributed by atoms with Crippen LogP contribution in [0.3, 0.4) is 0 Å². The van der Waals surface area contributed by atoms with Crippen LogP contribution in [0, 0.1) is 5.41 Å². The van der Waals surface area contributed by atoms with Crippen molar-refractivity contribution >= 4 is 6.29 Å². The number of piperidine rings is 1. The van der Waals surface area contributed by atoms with Crippen molar-refractivity contribution in [1.29, 1.82) is 0 Å². The summed E-state index contributed by atoms with van der Waals surface area (Å²) in [5.41, 5.74) is -0.197. The summed E-state index contributed by atoms with van der Waals surface area (Å²) in [5.74, 6) is 0. The number of carbonyl (C=O) groups is 1. The maximum Gasteiger partial charge on any atom is 0.127 e. The molecule has 0 aromatic carbocycles. The SMILES string of the molecule is CCCC(C)(C=O)CN1C2CCC1CC(O)C2. The van der Waals surface area contributed by atoms with Crippen LogP contribution in [0.1, 0.15) is 52.4 Å². The second-order valence-corrected chi connectivity index (χ2v) is 6.20. The summed E-state index contributed by atoms with van der Waals surface area (Å²) < 4.78 is 0. The maximum absolute atomic E-state index is 11.3. The number of nitrogens with zero attached hydrogens (tertiary/aromatic N) is 1. The summed E-state index contributed by atoms with van der Waals surface area (Å²) in [6.45, 7) is 5.09. The number of fused-ring (bicyclic) bond motifs is 2. The van der Waals surface area contributed by atoms with Gasteiger partial charge in [0.2, 0.25) is 0 Å². The van der Waals surface area contributed by atoms with Crippen LogP contribution in [0.25, 0.3) is 0 Å². The first-order valence-electron chi connectivity index (χ1n) is 6.98. The fourth-order valence-electron chi connectivity index (χ4n) is 3.67. The minimum atomic E-state index is -0.197. The van der Waals surface area contributed by atoms with E-state index >= 15 is 0 Å². The van der Waals surface area contributed by atoms with Crippen molar-refractivity contribution in [2.24, 2.45) is 5.41 Å². The summed E-state index contributed by atoms with van der Waals surface area (Å²) in [6, 6.07) is 1.03. The number of aldehydes is 1. The number of hydrogen-bond acceptors (Lipinski definition) is 3. The van der Waals surface area contributed by atoms with Crippen molar-refractivity contribution in [3.63, 3.8) is 0 Å². The van der Waals surface area contributed by atoms with Gasteiger partial charge >= 0.3 is 0 Å². The molecule has 3 unspecified atom stereocenters. The zero-order valence-corrected chi connectivity index (χ0v) is 11.1. The quantitative estimate of drug-likeness (QED) is 0.746. The van der Waals surface area contributed by atoms with Gasteiger partial charge in [-0.15, -0.1) is 0 Å². The normalized spacial score (nSPS) is 36.8. The summed E-state index contributed by atoms with van der Waals surface area (Å²) in [6.07, 6.45) is 7.25. The van der Waals surface area contributed by atoms with Crippen LogP contribution in [-0.2, 0) is 4.79 Å². The zero-order valence-electron chi connectivity index (χ0n) is 11.1. The fraction of sp³-hybridized carbons (Fsp3) is 0.929. The molecule has 0 amide bonds. The van der Waals surface area contributed by atoms with E-state index in [0.29, 0.717) is 12.1 Å². The molecule has 2 bridgehead atoms. The van der Waals surface area contributed by atoms with E-state index in [2.05, 4.69) is 18.7 Å². The van der Waals surface area contributed by atoms with E-state index in [1.54, 1.807) is 0 Å².